The molecule has 0 aromatic carbocycles. The van der Waals surface area contributed by atoms with Crippen LogP contribution in [0.3, 0.4) is 0 Å². The number of aromatic nitrogens is 2. The van der Waals surface area contributed by atoms with Gasteiger partial charge in [0.2, 0.25) is 5.91 Å². The molecule has 104 valence electrons. The Balaban J connectivity index is 1.95. The first-order chi connectivity index (χ1) is 9.04. The van der Waals surface area contributed by atoms with Crippen molar-refractivity contribution in [1.82, 2.24) is 15.1 Å². The average molecular weight is 267 g/mol. The molecule has 8 nitrogen and oxygen atoms in total. The van der Waals surface area contributed by atoms with Gasteiger partial charge in [0.1, 0.15) is 6.54 Å². The molecule has 8 heteroatoms. The molecule has 19 heavy (non-hydrogen) atoms. The summed E-state index contributed by atoms with van der Waals surface area (Å²) >= 11 is 0. The molecule has 1 fully saturated rings. The first-order valence-electron chi connectivity index (χ1n) is 6.24. The van der Waals surface area contributed by atoms with Crippen LogP contribution in [0.15, 0.2) is 12.3 Å². The van der Waals surface area contributed by atoms with Crippen LogP contribution in [-0.2, 0) is 11.3 Å². The number of hydrogen-bond donors (Lipinski definition) is 2. The van der Waals surface area contributed by atoms with Crippen LogP contribution >= 0.6 is 0 Å². The number of nitrogens with zero attached hydrogens (tertiary/aromatic N) is 3. The first-order valence-corrected chi connectivity index (χ1v) is 6.24. The molecule has 1 aliphatic carbocycles. The lowest BCUT2D eigenvalue weighted by atomic mass is 9.98. The topological polar surface area (TPSA) is 116 Å². The Hall–Kier alpha value is -1.96. The van der Waals surface area contributed by atoms with Gasteiger partial charge in [-0.15, -0.1) is 0 Å². The molecule has 0 bridgehead atoms. The highest BCUT2D eigenvalue weighted by Gasteiger charge is 2.34. The fraction of sp³-hybridized carbons (Fsp3) is 0.636. The fourth-order valence-electron chi connectivity index (χ4n) is 2.45. The summed E-state index contributed by atoms with van der Waals surface area (Å²) in [6, 6.07) is 1.27. The van der Waals surface area contributed by atoms with Gasteiger partial charge in [0.15, 0.2) is 0 Å². The van der Waals surface area contributed by atoms with E-state index < -0.39 is 4.92 Å². The van der Waals surface area contributed by atoms with Crippen LogP contribution in [0.1, 0.15) is 25.7 Å². The van der Waals surface area contributed by atoms with E-state index in [-0.39, 0.29) is 23.8 Å². The lowest BCUT2D eigenvalue weighted by Gasteiger charge is -2.28. The maximum atomic E-state index is 11.9. The molecule has 3 N–H and O–H groups in total. The van der Waals surface area contributed by atoms with Crippen LogP contribution < -0.4 is 11.1 Å². The van der Waals surface area contributed by atoms with Gasteiger partial charge in [-0.3, -0.25) is 4.79 Å². The van der Waals surface area contributed by atoms with Crippen LogP contribution in [0.25, 0.3) is 0 Å². The third-order valence-corrected chi connectivity index (χ3v) is 3.48. The van der Waals surface area contributed by atoms with E-state index in [2.05, 4.69) is 10.4 Å². The summed E-state index contributed by atoms with van der Waals surface area (Å²) < 4.78 is 1.26. The van der Waals surface area contributed by atoms with Crippen LogP contribution in [0.4, 0.5) is 5.82 Å². The number of carbonyl (C=O) groups is 1. The summed E-state index contributed by atoms with van der Waals surface area (Å²) in [5, 5.41) is 17.1. The van der Waals surface area contributed by atoms with Crippen molar-refractivity contribution < 1.29 is 9.72 Å². The number of nitro groups is 1. The van der Waals surface area contributed by atoms with E-state index in [0.717, 1.165) is 25.7 Å². The molecule has 0 unspecified atom stereocenters. The summed E-state index contributed by atoms with van der Waals surface area (Å²) in [5.74, 6) is -0.479. The Labute approximate surface area is 110 Å². The van der Waals surface area contributed by atoms with Gasteiger partial charge in [-0.25, -0.2) is 0 Å². The molecule has 1 aromatic heterocycles. The molecule has 1 heterocycles. The zero-order valence-electron chi connectivity index (χ0n) is 10.5. The van der Waals surface area contributed by atoms with E-state index in [1.165, 1.54) is 16.9 Å². The van der Waals surface area contributed by atoms with Gasteiger partial charge >= 0.3 is 5.82 Å². The van der Waals surface area contributed by atoms with Gasteiger partial charge in [-0.1, -0.05) is 12.8 Å². The number of hydrogen-bond acceptors (Lipinski definition) is 5. The smallest absolute Gasteiger partial charge is 0.358 e. The average Bonchev–Trinajstić information content (AvgIpc) is 2.99. The number of nitrogens with two attached hydrogens (primary N) is 1. The predicted octanol–water partition coefficient (Wildman–Crippen LogP) is 0.179. The number of carbonyl (C=O) groups excluding carboxylic acids is 1. The van der Waals surface area contributed by atoms with Crippen molar-refractivity contribution in [2.24, 2.45) is 5.73 Å². The van der Waals surface area contributed by atoms with Crippen LogP contribution in [-0.4, -0.2) is 32.7 Å². The largest absolute Gasteiger partial charge is 0.389 e. The Morgan fingerprint density at radius 3 is 2.79 bits per heavy atom. The van der Waals surface area contributed by atoms with Crippen molar-refractivity contribution in [2.75, 3.05) is 6.54 Å². The zero-order chi connectivity index (χ0) is 13.9. The summed E-state index contributed by atoms with van der Waals surface area (Å²) in [5.41, 5.74) is 5.42. The van der Waals surface area contributed by atoms with Crippen molar-refractivity contribution in [1.29, 1.82) is 0 Å². The lowest BCUT2D eigenvalue weighted by Crippen LogP contribution is -2.52. The third-order valence-electron chi connectivity index (χ3n) is 3.48. The van der Waals surface area contributed by atoms with Crippen LogP contribution in [0.5, 0.6) is 0 Å². The number of amides is 1. The monoisotopic (exact) mass is 267 g/mol. The first kappa shape index (κ1) is 13.5. The summed E-state index contributed by atoms with van der Waals surface area (Å²) in [7, 11) is 0. The summed E-state index contributed by atoms with van der Waals surface area (Å²) in [6.45, 7) is 0.383. The molecule has 0 saturated heterocycles. The molecular weight excluding hydrogens is 250 g/mol. The standard InChI is InChI=1S/C11H17N5O3/c12-8-11(4-1-2-5-11)13-10(17)7-15-6-3-9(14-15)16(18)19/h3,6H,1-2,4-5,7-8,12H2,(H,13,17). The third kappa shape index (κ3) is 3.08. The Morgan fingerprint density at radius 1 is 1.58 bits per heavy atom. The van der Waals surface area contributed by atoms with Crippen LogP contribution in [0, 0.1) is 10.1 Å². The highest BCUT2D eigenvalue weighted by molar-refractivity contribution is 5.76. The van der Waals surface area contributed by atoms with Gasteiger partial charge in [0.25, 0.3) is 0 Å². The Bertz CT molecular complexity index is 478. The van der Waals surface area contributed by atoms with Crippen molar-refractivity contribution in [3.05, 3.63) is 22.4 Å². The fourth-order valence-corrected chi connectivity index (χ4v) is 2.45. The molecule has 0 radical (unpaired) electrons. The summed E-state index contributed by atoms with van der Waals surface area (Å²) in [4.78, 5) is 21.8. The van der Waals surface area contributed by atoms with Crippen LogP contribution in [0.2, 0.25) is 0 Å². The summed E-state index contributed by atoms with van der Waals surface area (Å²) in [6.07, 6.45) is 5.31. The van der Waals surface area contributed by atoms with Crippen molar-refractivity contribution in [2.45, 2.75) is 37.8 Å². The predicted molar refractivity (Wildman–Crippen MR) is 67.3 cm³/mol. The normalized spacial score (nSPS) is 17.3. The molecule has 1 aliphatic rings. The molecule has 1 saturated carbocycles. The van der Waals surface area contributed by atoms with Gasteiger partial charge < -0.3 is 21.2 Å². The maximum Gasteiger partial charge on any atom is 0.389 e. The van der Waals surface area contributed by atoms with Gasteiger partial charge in [0.05, 0.1) is 22.9 Å². The minimum Gasteiger partial charge on any atom is -0.358 e. The minimum atomic E-state index is -0.591. The molecule has 0 aliphatic heterocycles. The SMILES string of the molecule is NCC1(NC(=O)Cn2ccc([N+](=O)[O-])n2)CCCC1. The van der Waals surface area contributed by atoms with Crippen molar-refractivity contribution in [3.8, 4) is 0 Å². The Kier molecular flexibility index (Phi) is 3.79. The molecule has 1 amide bonds. The lowest BCUT2D eigenvalue weighted by molar-refractivity contribution is -0.389. The molecule has 2 rings (SSSR count). The maximum absolute atomic E-state index is 11.9. The van der Waals surface area contributed by atoms with E-state index in [4.69, 9.17) is 5.73 Å². The van der Waals surface area contributed by atoms with Gasteiger partial charge in [0, 0.05) is 6.54 Å². The molecule has 1 aromatic rings. The van der Waals surface area contributed by atoms with E-state index in [0.29, 0.717) is 6.54 Å². The van der Waals surface area contributed by atoms with Gasteiger partial charge in [-0.2, -0.15) is 4.68 Å². The number of rotatable bonds is 5. The zero-order valence-corrected chi connectivity index (χ0v) is 10.5. The second-order valence-electron chi connectivity index (χ2n) is 4.87. The Morgan fingerprint density at radius 2 is 2.26 bits per heavy atom. The molecule has 0 spiro atoms. The van der Waals surface area contributed by atoms with Gasteiger partial charge in [-0.05, 0) is 17.8 Å². The van der Waals surface area contributed by atoms with E-state index in [1.807, 2.05) is 0 Å². The van der Waals surface area contributed by atoms with E-state index in [9.17, 15) is 14.9 Å². The molecule has 0 atom stereocenters. The van der Waals surface area contributed by atoms with E-state index in [1.54, 1.807) is 0 Å². The second-order valence-corrected chi connectivity index (χ2v) is 4.87. The highest BCUT2D eigenvalue weighted by atomic mass is 16.6. The second kappa shape index (κ2) is 5.35. The highest BCUT2D eigenvalue weighted by Crippen LogP contribution is 2.28. The quantitative estimate of drug-likeness (QED) is 0.583. The van der Waals surface area contributed by atoms with Crippen molar-refractivity contribution >= 4 is 11.7 Å². The van der Waals surface area contributed by atoms with Crippen molar-refractivity contribution in [3.63, 3.8) is 0 Å². The van der Waals surface area contributed by atoms with E-state index >= 15 is 0 Å². The number of nitrogens with one attached hydrogen (secondary N) is 1. The minimum absolute atomic E-state index is 0.0322. The molecular formula is C11H17N5O3.